The number of aromatic carboxylic acids is 1. The molecule has 2 N–H and O–H groups in total. The third-order valence-electron chi connectivity index (χ3n) is 3.80. The van der Waals surface area contributed by atoms with Gasteiger partial charge in [-0.2, -0.15) is 0 Å². The summed E-state index contributed by atoms with van der Waals surface area (Å²) in [6.45, 7) is 0. The molecule has 0 saturated carbocycles. The summed E-state index contributed by atoms with van der Waals surface area (Å²) in [5.74, 6) is -2.48. The van der Waals surface area contributed by atoms with Gasteiger partial charge in [-0.3, -0.25) is 9.78 Å². The van der Waals surface area contributed by atoms with Gasteiger partial charge in [-0.25, -0.2) is 9.18 Å². The Labute approximate surface area is 135 Å². The first-order valence-corrected chi connectivity index (χ1v) is 7.07. The van der Waals surface area contributed by atoms with Crippen LogP contribution in [0.5, 0.6) is 5.75 Å². The summed E-state index contributed by atoms with van der Waals surface area (Å²) in [7, 11) is 1.42. The van der Waals surface area contributed by atoms with Gasteiger partial charge < -0.3 is 14.8 Å². The fraction of sp³-hybridized carbons (Fsp3) is 0.118. The van der Waals surface area contributed by atoms with Crippen LogP contribution < -0.4 is 5.56 Å². The number of pyridine rings is 2. The minimum absolute atomic E-state index is 0.0392. The fourth-order valence-electron chi connectivity index (χ4n) is 2.56. The third-order valence-corrected chi connectivity index (χ3v) is 3.80. The van der Waals surface area contributed by atoms with Crippen molar-refractivity contribution in [1.29, 1.82) is 0 Å². The van der Waals surface area contributed by atoms with E-state index in [0.717, 1.165) is 15.7 Å². The highest BCUT2D eigenvalue weighted by atomic mass is 19.1. The van der Waals surface area contributed by atoms with Crippen LogP contribution in [0.2, 0.25) is 0 Å². The number of rotatable bonds is 3. The Bertz CT molecular complexity index is 1010. The molecule has 24 heavy (non-hydrogen) atoms. The zero-order chi connectivity index (χ0) is 17.4. The van der Waals surface area contributed by atoms with Crippen molar-refractivity contribution in [3.05, 3.63) is 69.4 Å². The van der Waals surface area contributed by atoms with E-state index >= 15 is 0 Å². The van der Waals surface area contributed by atoms with Crippen molar-refractivity contribution in [2.45, 2.75) is 6.42 Å². The lowest BCUT2D eigenvalue weighted by atomic mass is 10.1. The maximum Gasteiger partial charge on any atom is 0.345 e. The van der Waals surface area contributed by atoms with Gasteiger partial charge in [-0.05, 0) is 35.7 Å². The van der Waals surface area contributed by atoms with Crippen LogP contribution in [0.25, 0.3) is 11.0 Å². The fourth-order valence-corrected chi connectivity index (χ4v) is 2.56. The number of halogens is 1. The van der Waals surface area contributed by atoms with Crippen LogP contribution in [0.4, 0.5) is 4.39 Å². The molecule has 2 heterocycles. The number of hydrogen-bond acceptors (Lipinski definition) is 4. The summed E-state index contributed by atoms with van der Waals surface area (Å²) in [4.78, 5) is 27.3. The summed E-state index contributed by atoms with van der Waals surface area (Å²) >= 11 is 0. The second-order valence-electron chi connectivity index (χ2n) is 5.41. The summed E-state index contributed by atoms with van der Waals surface area (Å²) < 4.78 is 14.1. The van der Waals surface area contributed by atoms with Crippen LogP contribution >= 0.6 is 0 Å². The second-order valence-corrected chi connectivity index (χ2v) is 5.41. The molecule has 0 saturated heterocycles. The monoisotopic (exact) mass is 328 g/mol. The molecule has 0 aliphatic rings. The molecule has 3 rings (SSSR count). The van der Waals surface area contributed by atoms with Crippen LogP contribution in [0.3, 0.4) is 0 Å². The number of nitrogens with zero attached hydrogens (tertiary/aromatic N) is 2. The Morgan fingerprint density at radius 2 is 1.92 bits per heavy atom. The van der Waals surface area contributed by atoms with Crippen LogP contribution in [-0.4, -0.2) is 25.7 Å². The molecular formula is C17H13FN2O4. The smallest absolute Gasteiger partial charge is 0.345 e. The number of benzene rings is 1. The number of aromatic nitrogens is 2. The number of aromatic hydroxyl groups is 1. The lowest BCUT2D eigenvalue weighted by molar-refractivity contribution is 0.0691. The highest BCUT2D eigenvalue weighted by Crippen LogP contribution is 2.25. The van der Waals surface area contributed by atoms with Gasteiger partial charge in [0.25, 0.3) is 5.56 Å². The summed E-state index contributed by atoms with van der Waals surface area (Å²) in [5.41, 5.74) is 0.442. The Balaban J connectivity index is 2.13. The quantitative estimate of drug-likeness (QED) is 0.768. The van der Waals surface area contributed by atoms with Crippen LogP contribution in [0.1, 0.15) is 21.5 Å². The predicted molar refractivity (Wildman–Crippen MR) is 84.8 cm³/mol. The molecule has 6 nitrogen and oxygen atoms in total. The predicted octanol–water partition coefficient (Wildman–Crippen LogP) is 2.07. The zero-order valence-corrected chi connectivity index (χ0v) is 12.7. The van der Waals surface area contributed by atoms with Crippen molar-refractivity contribution in [2.75, 3.05) is 0 Å². The van der Waals surface area contributed by atoms with Gasteiger partial charge in [0, 0.05) is 13.2 Å². The normalized spacial score (nSPS) is 10.9. The van der Waals surface area contributed by atoms with Gasteiger partial charge in [0.05, 0.1) is 5.52 Å². The zero-order valence-electron chi connectivity index (χ0n) is 12.7. The summed E-state index contributed by atoms with van der Waals surface area (Å²) in [6.07, 6.45) is 1.94. The Kier molecular flexibility index (Phi) is 3.76. The molecule has 0 unspecified atom stereocenters. The average molecular weight is 328 g/mol. The van der Waals surface area contributed by atoms with Crippen LogP contribution in [-0.2, 0) is 13.5 Å². The minimum atomic E-state index is -1.51. The molecule has 0 bridgehead atoms. The Hall–Kier alpha value is -3.22. The molecule has 3 aromatic rings. The van der Waals surface area contributed by atoms with Gasteiger partial charge >= 0.3 is 5.97 Å². The van der Waals surface area contributed by atoms with E-state index in [1.165, 1.54) is 25.4 Å². The number of hydrogen-bond donors (Lipinski definition) is 2. The van der Waals surface area contributed by atoms with E-state index in [1.54, 1.807) is 18.2 Å². The molecule has 7 heteroatoms. The van der Waals surface area contributed by atoms with Crippen molar-refractivity contribution >= 4 is 17.0 Å². The van der Waals surface area contributed by atoms with E-state index in [9.17, 15) is 19.1 Å². The standard InChI is InChI=1S/C17H13FN2O4/c1-20-12-7-10(6-9-2-4-11(18)5-3-9)8-19-14(12)15(21)13(16(20)22)17(23)24/h2-5,7-8,21H,6H2,1H3,(H,23,24). The number of carboxylic acid groups (broad SMARTS) is 1. The highest BCUT2D eigenvalue weighted by Gasteiger charge is 2.21. The van der Waals surface area contributed by atoms with Crippen molar-refractivity contribution in [1.82, 2.24) is 9.55 Å². The molecule has 122 valence electrons. The van der Waals surface area contributed by atoms with Gasteiger partial charge in [0.15, 0.2) is 11.3 Å². The van der Waals surface area contributed by atoms with E-state index in [-0.39, 0.29) is 11.3 Å². The van der Waals surface area contributed by atoms with Crippen molar-refractivity contribution in [3.8, 4) is 5.75 Å². The number of aryl methyl sites for hydroxylation is 1. The Morgan fingerprint density at radius 3 is 2.54 bits per heavy atom. The number of carbonyl (C=O) groups is 1. The molecule has 0 fully saturated rings. The van der Waals surface area contributed by atoms with E-state index in [1.807, 2.05) is 0 Å². The van der Waals surface area contributed by atoms with Crippen molar-refractivity contribution in [3.63, 3.8) is 0 Å². The van der Waals surface area contributed by atoms with Crippen molar-refractivity contribution < 1.29 is 19.4 Å². The molecular weight excluding hydrogens is 315 g/mol. The number of fused-ring (bicyclic) bond motifs is 1. The average Bonchev–Trinajstić information content (AvgIpc) is 2.55. The van der Waals surface area contributed by atoms with Gasteiger partial charge in [0.2, 0.25) is 0 Å². The first-order valence-electron chi connectivity index (χ1n) is 7.07. The summed E-state index contributed by atoms with van der Waals surface area (Å²) in [5, 5.41) is 19.1. The van der Waals surface area contributed by atoms with E-state index in [2.05, 4.69) is 4.98 Å². The molecule has 0 aliphatic carbocycles. The second kappa shape index (κ2) is 5.77. The molecule has 2 aromatic heterocycles. The van der Waals surface area contributed by atoms with Gasteiger partial charge in [-0.15, -0.1) is 0 Å². The molecule has 0 atom stereocenters. The van der Waals surface area contributed by atoms with E-state index in [0.29, 0.717) is 11.9 Å². The third kappa shape index (κ3) is 2.60. The van der Waals surface area contributed by atoms with Crippen molar-refractivity contribution in [2.24, 2.45) is 7.05 Å². The first-order chi connectivity index (χ1) is 11.4. The van der Waals surface area contributed by atoms with Crippen LogP contribution in [0, 0.1) is 5.82 Å². The lowest BCUT2D eigenvalue weighted by Crippen LogP contribution is -2.25. The minimum Gasteiger partial charge on any atom is -0.505 e. The molecule has 0 aliphatic heterocycles. The van der Waals surface area contributed by atoms with E-state index < -0.39 is 22.8 Å². The lowest BCUT2D eigenvalue weighted by Gasteiger charge is -2.10. The van der Waals surface area contributed by atoms with Gasteiger partial charge in [0.1, 0.15) is 11.3 Å². The highest BCUT2D eigenvalue weighted by molar-refractivity contribution is 5.97. The number of carboxylic acids is 1. The molecule has 0 amide bonds. The first kappa shape index (κ1) is 15.7. The maximum atomic E-state index is 13.0. The van der Waals surface area contributed by atoms with E-state index in [4.69, 9.17) is 5.11 Å². The SMILES string of the molecule is Cn1c(=O)c(C(=O)O)c(O)c2ncc(Cc3ccc(F)cc3)cc21. The van der Waals surface area contributed by atoms with Crippen LogP contribution in [0.15, 0.2) is 41.3 Å². The molecule has 1 aromatic carbocycles. The Morgan fingerprint density at radius 1 is 1.25 bits per heavy atom. The molecule has 0 spiro atoms. The molecule has 0 radical (unpaired) electrons. The maximum absolute atomic E-state index is 13.0. The van der Waals surface area contributed by atoms with Gasteiger partial charge in [-0.1, -0.05) is 12.1 Å². The largest absolute Gasteiger partial charge is 0.505 e. The topological polar surface area (TPSA) is 92.4 Å². The summed E-state index contributed by atoms with van der Waals surface area (Å²) in [6, 6.07) is 7.64.